The second-order valence-electron chi connectivity index (χ2n) is 3.43. The van der Waals surface area contributed by atoms with Gasteiger partial charge in [-0.15, -0.1) is 11.3 Å². The van der Waals surface area contributed by atoms with Crippen molar-refractivity contribution >= 4 is 33.2 Å². The highest BCUT2D eigenvalue weighted by Crippen LogP contribution is 2.23. The standard InChI is InChI=1S/C10H12BrNOS/c11-7-8-3-1-5-12(8)10(13)9-4-2-6-14-9/h2,4,6,8H,1,3,5,7H2/t8-/m1/s1. The Hall–Kier alpha value is -0.350. The van der Waals surface area contributed by atoms with Crippen molar-refractivity contribution in [2.24, 2.45) is 0 Å². The van der Waals surface area contributed by atoms with Crippen LogP contribution >= 0.6 is 27.3 Å². The smallest absolute Gasteiger partial charge is 0.264 e. The van der Waals surface area contributed by atoms with Crippen molar-refractivity contribution in [2.45, 2.75) is 18.9 Å². The molecule has 2 nitrogen and oxygen atoms in total. The van der Waals surface area contributed by atoms with E-state index in [4.69, 9.17) is 0 Å². The minimum Gasteiger partial charge on any atom is -0.334 e. The largest absolute Gasteiger partial charge is 0.334 e. The number of carbonyl (C=O) groups excluding carboxylic acids is 1. The maximum absolute atomic E-state index is 12.0. The summed E-state index contributed by atoms with van der Waals surface area (Å²) in [6.07, 6.45) is 2.26. The van der Waals surface area contributed by atoms with E-state index in [0.29, 0.717) is 6.04 Å². The highest BCUT2D eigenvalue weighted by atomic mass is 79.9. The topological polar surface area (TPSA) is 20.3 Å². The molecule has 0 N–H and O–H groups in total. The van der Waals surface area contributed by atoms with E-state index >= 15 is 0 Å². The number of carbonyl (C=O) groups is 1. The summed E-state index contributed by atoms with van der Waals surface area (Å²) in [4.78, 5) is 14.8. The van der Waals surface area contributed by atoms with E-state index in [1.807, 2.05) is 22.4 Å². The number of hydrogen-bond acceptors (Lipinski definition) is 2. The molecule has 1 aromatic rings. The zero-order valence-electron chi connectivity index (χ0n) is 7.78. The minimum absolute atomic E-state index is 0.196. The summed E-state index contributed by atoms with van der Waals surface area (Å²) in [5.41, 5.74) is 0. The first-order valence-corrected chi connectivity index (χ1v) is 6.73. The number of likely N-dealkylation sites (tertiary alicyclic amines) is 1. The molecule has 0 unspecified atom stereocenters. The normalized spacial score (nSPS) is 21.5. The summed E-state index contributed by atoms with van der Waals surface area (Å²) in [6.45, 7) is 0.910. The lowest BCUT2D eigenvalue weighted by atomic mass is 10.2. The molecule has 1 fully saturated rings. The van der Waals surface area contributed by atoms with Gasteiger partial charge in [0.15, 0.2) is 0 Å². The number of thiophene rings is 1. The van der Waals surface area contributed by atoms with E-state index in [1.54, 1.807) is 0 Å². The first-order valence-electron chi connectivity index (χ1n) is 4.73. The SMILES string of the molecule is O=C(c1cccs1)N1CCC[C@@H]1CBr. The molecular weight excluding hydrogens is 262 g/mol. The van der Waals surface area contributed by atoms with Crippen LogP contribution in [0.2, 0.25) is 0 Å². The number of rotatable bonds is 2. The lowest BCUT2D eigenvalue weighted by molar-refractivity contribution is 0.0755. The van der Waals surface area contributed by atoms with Gasteiger partial charge in [0.05, 0.1) is 4.88 Å². The lowest BCUT2D eigenvalue weighted by Crippen LogP contribution is -2.35. The molecule has 0 radical (unpaired) electrons. The van der Waals surface area contributed by atoms with Gasteiger partial charge in [0.1, 0.15) is 0 Å². The van der Waals surface area contributed by atoms with E-state index in [1.165, 1.54) is 11.3 Å². The zero-order chi connectivity index (χ0) is 9.97. The minimum atomic E-state index is 0.196. The number of halogens is 1. The summed E-state index contributed by atoms with van der Waals surface area (Å²) in [6, 6.07) is 4.22. The van der Waals surface area contributed by atoms with Gasteiger partial charge in [0.25, 0.3) is 5.91 Å². The van der Waals surface area contributed by atoms with Crippen molar-refractivity contribution in [2.75, 3.05) is 11.9 Å². The van der Waals surface area contributed by atoms with Crippen LogP contribution in [0.4, 0.5) is 0 Å². The van der Waals surface area contributed by atoms with Gasteiger partial charge in [-0.25, -0.2) is 0 Å². The molecule has 4 heteroatoms. The molecule has 1 aromatic heterocycles. The fraction of sp³-hybridized carbons (Fsp3) is 0.500. The Balaban J connectivity index is 2.11. The van der Waals surface area contributed by atoms with Gasteiger partial charge in [-0.3, -0.25) is 4.79 Å². The van der Waals surface area contributed by atoms with Crippen LogP contribution in [0.1, 0.15) is 22.5 Å². The van der Waals surface area contributed by atoms with Crippen molar-refractivity contribution < 1.29 is 4.79 Å². The van der Waals surface area contributed by atoms with Crippen LogP contribution < -0.4 is 0 Å². The van der Waals surface area contributed by atoms with E-state index < -0.39 is 0 Å². The predicted molar refractivity (Wildman–Crippen MR) is 62.2 cm³/mol. The number of amides is 1. The fourth-order valence-electron chi connectivity index (χ4n) is 1.81. The highest BCUT2D eigenvalue weighted by molar-refractivity contribution is 9.09. The van der Waals surface area contributed by atoms with Crippen LogP contribution in [-0.4, -0.2) is 28.7 Å². The zero-order valence-corrected chi connectivity index (χ0v) is 10.2. The van der Waals surface area contributed by atoms with E-state index in [-0.39, 0.29) is 5.91 Å². The third kappa shape index (κ3) is 1.86. The third-order valence-electron chi connectivity index (χ3n) is 2.55. The second-order valence-corrected chi connectivity index (χ2v) is 5.02. The fourth-order valence-corrected chi connectivity index (χ4v) is 3.16. The molecule has 2 rings (SSSR count). The van der Waals surface area contributed by atoms with Gasteiger partial charge < -0.3 is 4.90 Å². The average molecular weight is 274 g/mol. The molecule has 1 saturated heterocycles. The van der Waals surface area contributed by atoms with Crippen molar-refractivity contribution in [3.63, 3.8) is 0 Å². The molecule has 0 aromatic carbocycles. The molecule has 0 aliphatic carbocycles. The van der Waals surface area contributed by atoms with Gasteiger partial charge in [-0.2, -0.15) is 0 Å². The molecular formula is C10H12BrNOS. The Morgan fingerprint density at radius 1 is 1.71 bits per heavy atom. The maximum atomic E-state index is 12.0. The van der Waals surface area contributed by atoms with Gasteiger partial charge in [-0.1, -0.05) is 22.0 Å². The van der Waals surface area contributed by atoms with Crippen molar-refractivity contribution in [1.82, 2.24) is 4.90 Å². The monoisotopic (exact) mass is 273 g/mol. The highest BCUT2D eigenvalue weighted by Gasteiger charge is 2.28. The molecule has 1 aliphatic rings. The second kappa shape index (κ2) is 4.45. The molecule has 2 heterocycles. The number of nitrogens with zero attached hydrogens (tertiary/aromatic N) is 1. The molecule has 0 saturated carbocycles. The van der Waals surface area contributed by atoms with Gasteiger partial charge >= 0.3 is 0 Å². The number of hydrogen-bond donors (Lipinski definition) is 0. The van der Waals surface area contributed by atoms with E-state index in [2.05, 4.69) is 15.9 Å². The van der Waals surface area contributed by atoms with Crippen LogP contribution in [0.3, 0.4) is 0 Å². The first-order chi connectivity index (χ1) is 6.83. The quantitative estimate of drug-likeness (QED) is 0.759. The van der Waals surface area contributed by atoms with Crippen LogP contribution in [-0.2, 0) is 0 Å². The number of alkyl halides is 1. The Morgan fingerprint density at radius 2 is 2.57 bits per heavy atom. The molecule has 1 amide bonds. The maximum Gasteiger partial charge on any atom is 0.264 e. The Bertz CT molecular complexity index is 312. The molecule has 0 bridgehead atoms. The van der Waals surface area contributed by atoms with Crippen molar-refractivity contribution in [3.8, 4) is 0 Å². The summed E-state index contributed by atoms with van der Waals surface area (Å²) >= 11 is 4.98. The summed E-state index contributed by atoms with van der Waals surface area (Å²) in [7, 11) is 0. The summed E-state index contributed by atoms with van der Waals surface area (Å²) in [5, 5.41) is 2.84. The van der Waals surface area contributed by atoms with E-state index in [9.17, 15) is 4.79 Å². The molecule has 76 valence electrons. The Kier molecular flexibility index (Phi) is 3.23. The molecule has 14 heavy (non-hydrogen) atoms. The Morgan fingerprint density at radius 3 is 3.21 bits per heavy atom. The van der Waals surface area contributed by atoms with Crippen LogP contribution in [0, 0.1) is 0 Å². The van der Waals surface area contributed by atoms with Crippen LogP contribution in [0.5, 0.6) is 0 Å². The van der Waals surface area contributed by atoms with E-state index in [0.717, 1.165) is 29.6 Å². The molecule has 0 spiro atoms. The molecule has 1 atom stereocenters. The van der Waals surface area contributed by atoms with Gasteiger partial charge in [0, 0.05) is 17.9 Å². The van der Waals surface area contributed by atoms with Crippen molar-refractivity contribution in [1.29, 1.82) is 0 Å². The average Bonchev–Trinajstić information content (AvgIpc) is 2.87. The van der Waals surface area contributed by atoms with Gasteiger partial charge in [0.2, 0.25) is 0 Å². The Labute approximate surface area is 96.0 Å². The first kappa shape index (κ1) is 10.2. The summed E-state index contributed by atoms with van der Waals surface area (Å²) < 4.78 is 0. The van der Waals surface area contributed by atoms with Gasteiger partial charge in [-0.05, 0) is 24.3 Å². The summed E-state index contributed by atoms with van der Waals surface area (Å²) in [5.74, 6) is 0.196. The third-order valence-corrected chi connectivity index (χ3v) is 4.15. The van der Waals surface area contributed by atoms with Crippen LogP contribution in [0.15, 0.2) is 17.5 Å². The molecule has 1 aliphatic heterocycles. The predicted octanol–water partition coefficient (Wildman–Crippen LogP) is 2.75. The van der Waals surface area contributed by atoms with Crippen LogP contribution in [0.25, 0.3) is 0 Å². The lowest BCUT2D eigenvalue weighted by Gasteiger charge is -2.22. The van der Waals surface area contributed by atoms with Crippen molar-refractivity contribution in [3.05, 3.63) is 22.4 Å².